The van der Waals surface area contributed by atoms with Crippen molar-refractivity contribution in [2.24, 2.45) is 5.73 Å². The first-order chi connectivity index (χ1) is 6.56. The third-order valence-electron chi connectivity index (χ3n) is 2.48. The Morgan fingerprint density at radius 2 is 1.80 bits per heavy atom. The highest BCUT2D eigenvalue weighted by molar-refractivity contribution is 5.85. The van der Waals surface area contributed by atoms with Gasteiger partial charge in [-0.05, 0) is 25.8 Å². The number of benzene rings is 1. The fourth-order valence-electron chi connectivity index (χ4n) is 1.50. The molecule has 1 atom stereocenters. The van der Waals surface area contributed by atoms with E-state index in [1.165, 1.54) is 5.56 Å². The highest BCUT2D eigenvalue weighted by Gasteiger charge is 2.21. The average Bonchev–Trinajstić information content (AvgIpc) is 2.18. The van der Waals surface area contributed by atoms with Crippen molar-refractivity contribution in [1.29, 1.82) is 0 Å². The number of nitrogens with one attached hydrogen (secondary N) is 1. The summed E-state index contributed by atoms with van der Waals surface area (Å²) in [5, 5.41) is 3.40. The van der Waals surface area contributed by atoms with Crippen molar-refractivity contribution in [2.75, 3.05) is 0 Å². The molecule has 1 rings (SSSR count). The van der Waals surface area contributed by atoms with Crippen molar-refractivity contribution in [3.63, 3.8) is 0 Å². The molecular weight excluding hydrogens is 208 g/mol. The van der Waals surface area contributed by atoms with E-state index in [2.05, 4.69) is 50.4 Å². The van der Waals surface area contributed by atoms with Gasteiger partial charge in [0.1, 0.15) is 0 Å². The SMILES string of the molecule is CCC(N)NC(C)(C)c1ccccc1.Cl. The molecule has 0 heterocycles. The first kappa shape index (κ1) is 14.4. The third-order valence-corrected chi connectivity index (χ3v) is 2.48. The van der Waals surface area contributed by atoms with Crippen LogP contribution in [-0.4, -0.2) is 6.17 Å². The Labute approximate surface area is 98.7 Å². The van der Waals surface area contributed by atoms with Crippen molar-refractivity contribution >= 4 is 12.4 Å². The molecule has 15 heavy (non-hydrogen) atoms. The zero-order chi connectivity index (χ0) is 10.6. The molecular formula is C12H21ClN2. The Morgan fingerprint density at radius 1 is 1.27 bits per heavy atom. The zero-order valence-electron chi connectivity index (χ0n) is 9.66. The van der Waals surface area contributed by atoms with Gasteiger partial charge >= 0.3 is 0 Å². The number of rotatable bonds is 4. The molecule has 3 N–H and O–H groups in total. The Bertz CT molecular complexity index is 272. The summed E-state index contributed by atoms with van der Waals surface area (Å²) >= 11 is 0. The van der Waals surface area contributed by atoms with Gasteiger partial charge in [0.05, 0.1) is 6.17 Å². The predicted molar refractivity (Wildman–Crippen MR) is 68.1 cm³/mol. The molecule has 0 spiro atoms. The molecule has 0 aromatic heterocycles. The summed E-state index contributed by atoms with van der Waals surface area (Å²) in [4.78, 5) is 0. The van der Waals surface area contributed by atoms with Gasteiger partial charge in [-0.15, -0.1) is 12.4 Å². The second kappa shape index (κ2) is 6.11. The molecule has 0 aliphatic heterocycles. The standard InChI is InChI=1S/C12H20N2.ClH/c1-4-11(13)14-12(2,3)10-8-6-5-7-9-10;/h5-9,11,14H,4,13H2,1-3H3;1H. The molecule has 2 nitrogen and oxygen atoms in total. The second-order valence-corrected chi connectivity index (χ2v) is 4.15. The molecule has 0 bridgehead atoms. The van der Waals surface area contributed by atoms with Crippen molar-refractivity contribution in [2.45, 2.75) is 38.9 Å². The van der Waals surface area contributed by atoms with Gasteiger partial charge < -0.3 is 5.73 Å². The van der Waals surface area contributed by atoms with Crippen molar-refractivity contribution in [1.82, 2.24) is 5.32 Å². The number of hydrogen-bond donors (Lipinski definition) is 2. The zero-order valence-corrected chi connectivity index (χ0v) is 10.5. The minimum absolute atomic E-state index is 0. The van der Waals surface area contributed by atoms with Gasteiger partial charge in [0.15, 0.2) is 0 Å². The molecule has 86 valence electrons. The smallest absolute Gasteiger partial charge is 0.0550 e. The fraction of sp³-hybridized carbons (Fsp3) is 0.500. The summed E-state index contributed by atoms with van der Waals surface area (Å²) in [5.41, 5.74) is 7.09. The molecule has 3 heteroatoms. The molecule has 0 aliphatic carbocycles. The van der Waals surface area contributed by atoms with Crippen molar-refractivity contribution in [3.8, 4) is 0 Å². The van der Waals surface area contributed by atoms with Crippen LogP contribution in [0.1, 0.15) is 32.8 Å². The normalized spacial score (nSPS) is 13.1. The summed E-state index contributed by atoms with van der Waals surface area (Å²) in [7, 11) is 0. The highest BCUT2D eigenvalue weighted by Crippen LogP contribution is 2.19. The van der Waals surface area contributed by atoms with Crippen molar-refractivity contribution in [3.05, 3.63) is 35.9 Å². The summed E-state index contributed by atoms with van der Waals surface area (Å²) in [6.07, 6.45) is 1.00. The summed E-state index contributed by atoms with van der Waals surface area (Å²) < 4.78 is 0. The van der Waals surface area contributed by atoms with Crippen LogP contribution in [0, 0.1) is 0 Å². The van der Waals surface area contributed by atoms with Gasteiger partial charge in [-0.3, -0.25) is 5.32 Å². The van der Waals surface area contributed by atoms with E-state index in [0.717, 1.165) is 6.42 Å². The third kappa shape index (κ3) is 4.20. The summed E-state index contributed by atoms with van der Waals surface area (Å²) in [6.45, 7) is 6.38. The molecule has 1 aromatic rings. The van der Waals surface area contributed by atoms with E-state index in [1.807, 2.05) is 6.07 Å². The molecule has 0 fully saturated rings. The monoisotopic (exact) mass is 228 g/mol. The second-order valence-electron chi connectivity index (χ2n) is 4.15. The minimum Gasteiger partial charge on any atom is -0.316 e. The van der Waals surface area contributed by atoms with Gasteiger partial charge in [-0.25, -0.2) is 0 Å². The first-order valence-corrected chi connectivity index (χ1v) is 5.15. The van der Waals surface area contributed by atoms with Gasteiger partial charge in [-0.1, -0.05) is 37.3 Å². The predicted octanol–water partition coefficient (Wildman–Crippen LogP) is 2.63. The average molecular weight is 229 g/mol. The summed E-state index contributed by atoms with van der Waals surface area (Å²) in [6, 6.07) is 10.4. The number of halogens is 1. The lowest BCUT2D eigenvalue weighted by Gasteiger charge is -2.30. The quantitative estimate of drug-likeness (QED) is 0.778. The molecule has 1 aromatic carbocycles. The van der Waals surface area contributed by atoms with Crippen LogP contribution >= 0.6 is 12.4 Å². The minimum atomic E-state index is -0.0588. The number of nitrogens with two attached hydrogens (primary N) is 1. The number of hydrogen-bond acceptors (Lipinski definition) is 2. The summed E-state index contributed by atoms with van der Waals surface area (Å²) in [5.74, 6) is 0. The van der Waals surface area contributed by atoms with E-state index in [9.17, 15) is 0 Å². The van der Waals surface area contributed by atoms with Crippen LogP contribution in [0.25, 0.3) is 0 Å². The van der Waals surface area contributed by atoms with Crippen LogP contribution in [0.5, 0.6) is 0 Å². The Balaban J connectivity index is 0.00000196. The Morgan fingerprint density at radius 3 is 2.27 bits per heavy atom. The maximum absolute atomic E-state index is 5.89. The lowest BCUT2D eigenvalue weighted by atomic mass is 9.94. The molecule has 0 radical (unpaired) electrons. The molecule has 0 amide bonds. The van der Waals surface area contributed by atoms with E-state index in [0.29, 0.717) is 0 Å². The van der Waals surface area contributed by atoms with Crippen LogP contribution < -0.4 is 11.1 Å². The van der Waals surface area contributed by atoms with E-state index in [-0.39, 0.29) is 24.1 Å². The topological polar surface area (TPSA) is 38.0 Å². The van der Waals surface area contributed by atoms with Gasteiger partial charge in [-0.2, -0.15) is 0 Å². The van der Waals surface area contributed by atoms with E-state index >= 15 is 0 Å². The van der Waals surface area contributed by atoms with E-state index in [4.69, 9.17) is 5.73 Å². The molecule has 1 unspecified atom stereocenters. The first-order valence-electron chi connectivity index (χ1n) is 5.15. The maximum atomic E-state index is 5.89. The maximum Gasteiger partial charge on any atom is 0.0550 e. The van der Waals surface area contributed by atoms with Gasteiger partial charge in [0.2, 0.25) is 0 Å². The molecule has 0 saturated carbocycles. The van der Waals surface area contributed by atoms with Gasteiger partial charge in [0, 0.05) is 5.54 Å². The highest BCUT2D eigenvalue weighted by atomic mass is 35.5. The Hall–Kier alpha value is -0.570. The van der Waals surface area contributed by atoms with Crippen LogP contribution in [-0.2, 0) is 5.54 Å². The van der Waals surface area contributed by atoms with Gasteiger partial charge in [0.25, 0.3) is 0 Å². The van der Waals surface area contributed by atoms with E-state index in [1.54, 1.807) is 0 Å². The van der Waals surface area contributed by atoms with Crippen LogP contribution in [0.3, 0.4) is 0 Å². The van der Waals surface area contributed by atoms with Crippen LogP contribution in [0.15, 0.2) is 30.3 Å². The van der Waals surface area contributed by atoms with Crippen molar-refractivity contribution < 1.29 is 0 Å². The van der Waals surface area contributed by atoms with E-state index < -0.39 is 0 Å². The molecule has 0 saturated heterocycles. The van der Waals surface area contributed by atoms with Crippen LogP contribution in [0.2, 0.25) is 0 Å². The van der Waals surface area contributed by atoms with Crippen LogP contribution in [0.4, 0.5) is 0 Å². The lowest BCUT2D eigenvalue weighted by Crippen LogP contribution is -2.47. The Kier molecular flexibility index (Phi) is 5.88. The fourth-order valence-corrected chi connectivity index (χ4v) is 1.50. The largest absolute Gasteiger partial charge is 0.316 e. The lowest BCUT2D eigenvalue weighted by molar-refractivity contribution is 0.338. The molecule has 0 aliphatic rings.